The number of rotatable bonds is 10. The Morgan fingerprint density at radius 1 is 0.970 bits per heavy atom. The molecule has 0 aliphatic carbocycles. The quantitative estimate of drug-likeness (QED) is 0.385. The number of benzene rings is 3. The standard InChI is InChI=1S/C28H31NO4/c1-4-25(22-8-6-5-7-9-22)33-26-15-14-23(20(3)16-28(31)32)18-24(26)29-27(30)17-21-12-10-19(2)11-13-21/h5-15,18,20,25H,4,16-17H2,1-3H3,(H,29,30)(H,31,32). The molecule has 2 N–H and O–H groups in total. The number of anilines is 1. The molecule has 0 spiro atoms. The molecule has 0 heterocycles. The SMILES string of the molecule is CCC(Oc1ccc(C(C)CC(=O)O)cc1NC(=O)Cc1ccc(C)cc1)c1ccccc1. The first kappa shape index (κ1) is 24.1. The summed E-state index contributed by atoms with van der Waals surface area (Å²) in [6.07, 6.45) is 0.849. The molecular formula is C28H31NO4. The third kappa shape index (κ3) is 6.94. The van der Waals surface area contributed by atoms with Crippen molar-refractivity contribution in [2.24, 2.45) is 0 Å². The van der Waals surface area contributed by atoms with Gasteiger partial charge in [-0.1, -0.05) is 80.1 Å². The Morgan fingerprint density at radius 2 is 1.67 bits per heavy atom. The van der Waals surface area contributed by atoms with E-state index in [1.165, 1.54) is 0 Å². The summed E-state index contributed by atoms with van der Waals surface area (Å²) >= 11 is 0. The van der Waals surface area contributed by atoms with Crippen molar-refractivity contribution in [1.29, 1.82) is 0 Å². The lowest BCUT2D eigenvalue weighted by atomic mass is 9.97. The summed E-state index contributed by atoms with van der Waals surface area (Å²) in [6.45, 7) is 5.92. The van der Waals surface area contributed by atoms with E-state index >= 15 is 0 Å². The van der Waals surface area contributed by atoms with Crippen LogP contribution >= 0.6 is 0 Å². The zero-order valence-electron chi connectivity index (χ0n) is 19.4. The van der Waals surface area contributed by atoms with Crippen LogP contribution in [0.5, 0.6) is 5.75 Å². The second-order valence-electron chi connectivity index (χ2n) is 8.39. The highest BCUT2D eigenvalue weighted by molar-refractivity contribution is 5.93. The van der Waals surface area contributed by atoms with Crippen LogP contribution in [-0.2, 0) is 16.0 Å². The normalized spacial score (nSPS) is 12.6. The molecule has 5 nitrogen and oxygen atoms in total. The second-order valence-corrected chi connectivity index (χ2v) is 8.39. The van der Waals surface area contributed by atoms with Gasteiger partial charge in [0.15, 0.2) is 0 Å². The number of hydrogen-bond donors (Lipinski definition) is 2. The van der Waals surface area contributed by atoms with E-state index in [0.29, 0.717) is 11.4 Å². The molecule has 0 aromatic heterocycles. The van der Waals surface area contributed by atoms with Gasteiger partial charge in [0.1, 0.15) is 11.9 Å². The molecule has 0 bridgehead atoms. The first-order chi connectivity index (χ1) is 15.9. The number of nitrogens with one attached hydrogen (secondary N) is 1. The second kappa shape index (κ2) is 11.3. The first-order valence-electron chi connectivity index (χ1n) is 11.3. The average Bonchev–Trinajstić information content (AvgIpc) is 2.79. The van der Waals surface area contributed by atoms with Crippen LogP contribution in [0.3, 0.4) is 0 Å². The number of carbonyl (C=O) groups excluding carboxylic acids is 1. The largest absolute Gasteiger partial charge is 0.484 e. The van der Waals surface area contributed by atoms with Crippen molar-refractivity contribution >= 4 is 17.6 Å². The fourth-order valence-electron chi connectivity index (χ4n) is 3.73. The molecule has 33 heavy (non-hydrogen) atoms. The van der Waals surface area contributed by atoms with Crippen molar-refractivity contribution in [2.45, 2.75) is 52.1 Å². The van der Waals surface area contributed by atoms with Crippen molar-refractivity contribution in [1.82, 2.24) is 0 Å². The number of hydrogen-bond acceptors (Lipinski definition) is 3. The molecule has 3 aromatic carbocycles. The van der Waals surface area contributed by atoms with Gasteiger partial charge in [-0.2, -0.15) is 0 Å². The lowest BCUT2D eigenvalue weighted by Crippen LogP contribution is -2.16. The van der Waals surface area contributed by atoms with Crippen LogP contribution in [0.2, 0.25) is 0 Å². The van der Waals surface area contributed by atoms with E-state index in [9.17, 15) is 14.7 Å². The number of amides is 1. The maximum absolute atomic E-state index is 12.8. The van der Waals surface area contributed by atoms with Crippen LogP contribution in [0.4, 0.5) is 5.69 Å². The maximum Gasteiger partial charge on any atom is 0.303 e. The van der Waals surface area contributed by atoms with Crippen LogP contribution in [0, 0.1) is 6.92 Å². The van der Waals surface area contributed by atoms with Gasteiger partial charge in [0.25, 0.3) is 0 Å². The summed E-state index contributed by atoms with van der Waals surface area (Å²) in [5, 5.41) is 12.2. The fourth-order valence-corrected chi connectivity index (χ4v) is 3.73. The van der Waals surface area contributed by atoms with Crippen LogP contribution in [-0.4, -0.2) is 17.0 Å². The van der Waals surface area contributed by atoms with E-state index < -0.39 is 5.97 Å². The molecule has 0 aliphatic heterocycles. The van der Waals surface area contributed by atoms with E-state index in [2.05, 4.69) is 12.2 Å². The highest BCUT2D eigenvalue weighted by atomic mass is 16.5. The van der Waals surface area contributed by atoms with Crippen LogP contribution in [0.1, 0.15) is 61.0 Å². The Labute approximate surface area is 195 Å². The van der Waals surface area contributed by atoms with E-state index in [1.807, 2.05) is 86.6 Å². The maximum atomic E-state index is 12.8. The highest BCUT2D eigenvalue weighted by Crippen LogP contribution is 2.34. The van der Waals surface area contributed by atoms with Gasteiger partial charge in [-0.3, -0.25) is 9.59 Å². The molecule has 0 saturated heterocycles. The molecule has 172 valence electrons. The zero-order valence-corrected chi connectivity index (χ0v) is 19.4. The number of aliphatic carboxylic acids is 1. The molecule has 3 rings (SSSR count). The number of ether oxygens (including phenoxy) is 1. The molecular weight excluding hydrogens is 414 g/mol. The third-order valence-corrected chi connectivity index (χ3v) is 5.62. The fraction of sp³-hybridized carbons (Fsp3) is 0.286. The summed E-state index contributed by atoms with van der Waals surface area (Å²) in [5.74, 6) is -0.642. The highest BCUT2D eigenvalue weighted by Gasteiger charge is 2.18. The molecule has 0 aliphatic rings. The van der Waals surface area contributed by atoms with Gasteiger partial charge in [-0.15, -0.1) is 0 Å². The van der Waals surface area contributed by atoms with Gasteiger partial charge in [-0.05, 0) is 48.1 Å². The summed E-state index contributed by atoms with van der Waals surface area (Å²) in [6, 6.07) is 23.3. The van der Waals surface area contributed by atoms with Crippen molar-refractivity contribution in [3.05, 3.63) is 95.1 Å². The van der Waals surface area contributed by atoms with E-state index in [0.717, 1.165) is 28.7 Å². The number of carboxylic acids is 1. The molecule has 3 aromatic rings. The zero-order chi connectivity index (χ0) is 23.8. The third-order valence-electron chi connectivity index (χ3n) is 5.62. The molecule has 1 amide bonds. The molecule has 0 fully saturated rings. The summed E-state index contributed by atoms with van der Waals surface area (Å²) in [7, 11) is 0. The minimum absolute atomic E-state index is 0.0125. The molecule has 2 atom stereocenters. The Morgan fingerprint density at radius 3 is 2.30 bits per heavy atom. The first-order valence-corrected chi connectivity index (χ1v) is 11.3. The van der Waals surface area contributed by atoms with Crippen molar-refractivity contribution in [3.8, 4) is 5.75 Å². The molecule has 2 unspecified atom stereocenters. The average molecular weight is 446 g/mol. The topological polar surface area (TPSA) is 75.6 Å². The van der Waals surface area contributed by atoms with Crippen LogP contribution in [0.15, 0.2) is 72.8 Å². The van der Waals surface area contributed by atoms with Crippen molar-refractivity contribution in [3.63, 3.8) is 0 Å². The molecule has 0 radical (unpaired) electrons. The summed E-state index contributed by atoms with van der Waals surface area (Å²) in [4.78, 5) is 24.0. The van der Waals surface area contributed by atoms with Crippen molar-refractivity contribution in [2.75, 3.05) is 5.32 Å². The van der Waals surface area contributed by atoms with Crippen molar-refractivity contribution < 1.29 is 19.4 Å². The van der Waals surface area contributed by atoms with E-state index in [-0.39, 0.29) is 30.8 Å². The predicted octanol–water partition coefficient (Wildman–Crippen LogP) is 6.28. The van der Waals surface area contributed by atoms with Gasteiger partial charge in [0.2, 0.25) is 5.91 Å². The minimum atomic E-state index is -0.858. The lowest BCUT2D eigenvalue weighted by molar-refractivity contribution is -0.137. The monoisotopic (exact) mass is 445 g/mol. The number of carboxylic acid groups (broad SMARTS) is 1. The van der Waals surface area contributed by atoms with Crippen LogP contribution in [0.25, 0.3) is 0 Å². The minimum Gasteiger partial charge on any atom is -0.484 e. The molecule has 5 heteroatoms. The summed E-state index contributed by atoms with van der Waals surface area (Å²) < 4.78 is 6.33. The Hall–Kier alpha value is -3.60. The van der Waals surface area contributed by atoms with Gasteiger partial charge >= 0.3 is 5.97 Å². The van der Waals surface area contributed by atoms with Crippen LogP contribution < -0.4 is 10.1 Å². The Kier molecular flexibility index (Phi) is 8.25. The van der Waals surface area contributed by atoms with E-state index in [1.54, 1.807) is 0 Å². The number of carbonyl (C=O) groups is 2. The van der Waals surface area contributed by atoms with E-state index in [4.69, 9.17) is 4.74 Å². The Balaban J connectivity index is 1.86. The summed E-state index contributed by atoms with van der Waals surface area (Å²) in [5.41, 5.74) is 4.51. The smallest absolute Gasteiger partial charge is 0.303 e. The number of aryl methyl sites for hydroxylation is 1. The van der Waals surface area contributed by atoms with Gasteiger partial charge < -0.3 is 15.2 Å². The Bertz CT molecular complexity index is 1080. The van der Waals surface area contributed by atoms with Gasteiger partial charge in [0.05, 0.1) is 18.5 Å². The van der Waals surface area contributed by atoms with Gasteiger partial charge in [-0.25, -0.2) is 0 Å². The predicted molar refractivity (Wildman–Crippen MR) is 131 cm³/mol. The molecule has 0 saturated carbocycles. The lowest BCUT2D eigenvalue weighted by Gasteiger charge is -2.22. The van der Waals surface area contributed by atoms with Gasteiger partial charge in [0, 0.05) is 0 Å².